The highest BCUT2D eigenvalue weighted by Gasteiger charge is 2.28. The molecule has 76 valence electrons. The van der Waals surface area contributed by atoms with Crippen molar-refractivity contribution in [2.75, 3.05) is 7.11 Å². The molecule has 0 aromatic rings. The van der Waals surface area contributed by atoms with Crippen LogP contribution in [0.3, 0.4) is 0 Å². The first kappa shape index (κ1) is 10.4. The lowest BCUT2D eigenvalue weighted by molar-refractivity contribution is -0.421. The van der Waals surface area contributed by atoms with Gasteiger partial charge >= 0.3 is 5.97 Å². The van der Waals surface area contributed by atoms with Crippen molar-refractivity contribution >= 4 is 5.97 Å². The third-order valence-electron chi connectivity index (χ3n) is 1.86. The van der Waals surface area contributed by atoms with Gasteiger partial charge in [-0.2, -0.15) is 0 Å². The summed E-state index contributed by atoms with van der Waals surface area (Å²) >= 11 is 0. The molecule has 0 aromatic carbocycles. The number of nitrogens with zero attached hydrogens (tertiary/aromatic N) is 1. The van der Waals surface area contributed by atoms with Crippen LogP contribution in [-0.2, 0) is 9.53 Å². The van der Waals surface area contributed by atoms with Gasteiger partial charge in [0.05, 0.1) is 18.0 Å². The van der Waals surface area contributed by atoms with Crippen molar-refractivity contribution in [3.63, 3.8) is 0 Å². The average Bonchev–Trinajstić information content (AvgIpc) is 2.15. The molecule has 0 fully saturated rings. The summed E-state index contributed by atoms with van der Waals surface area (Å²) in [5, 5.41) is 10.3. The Balaban J connectivity index is 2.81. The minimum Gasteiger partial charge on any atom is -0.469 e. The maximum absolute atomic E-state index is 13.0. The van der Waals surface area contributed by atoms with E-state index in [0.29, 0.717) is 0 Å². The molecule has 0 spiro atoms. The first-order valence-corrected chi connectivity index (χ1v) is 3.85. The van der Waals surface area contributed by atoms with E-state index in [9.17, 15) is 19.3 Å². The number of rotatable bonds is 2. The van der Waals surface area contributed by atoms with Gasteiger partial charge in [-0.05, 0) is 0 Å². The quantitative estimate of drug-likeness (QED) is 0.382. The van der Waals surface area contributed by atoms with Crippen molar-refractivity contribution in [1.29, 1.82) is 0 Å². The normalized spacial score (nSPS) is 20.9. The molecule has 0 radical (unpaired) electrons. The van der Waals surface area contributed by atoms with E-state index in [1.807, 2.05) is 0 Å². The summed E-state index contributed by atoms with van der Waals surface area (Å²) in [5.74, 6) is -2.25. The summed E-state index contributed by atoms with van der Waals surface area (Å²) < 4.78 is 17.4. The van der Waals surface area contributed by atoms with Gasteiger partial charge in [-0.1, -0.05) is 6.08 Å². The number of allylic oxidation sites excluding steroid dienone is 2. The molecule has 0 saturated heterocycles. The van der Waals surface area contributed by atoms with Crippen LogP contribution in [0.15, 0.2) is 23.7 Å². The summed E-state index contributed by atoms with van der Waals surface area (Å²) in [6.07, 6.45) is 1.95. The van der Waals surface area contributed by atoms with E-state index >= 15 is 0 Å². The van der Waals surface area contributed by atoms with Gasteiger partial charge in [0.2, 0.25) is 0 Å². The van der Waals surface area contributed by atoms with Crippen LogP contribution in [0.1, 0.15) is 6.42 Å². The lowest BCUT2D eigenvalue weighted by Gasteiger charge is -2.11. The number of esters is 1. The first-order valence-electron chi connectivity index (χ1n) is 3.85. The second-order valence-corrected chi connectivity index (χ2v) is 2.74. The van der Waals surface area contributed by atoms with Crippen LogP contribution in [0.5, 0.6) is 0 Å². The minimum atomic E-state index is -0.895. The smallest absolute Gasteiger partial charge is 0.312 e. The molecule has 1 rings (SSSR count). The second kappa shape index (κ2) is 3.99. The van der Waals surface area contributed by atoms with Crippen molar-refractivity contribution in [3.05, 3.63) is 33.8 Å². The maximum atomic E-state index is 13.0. The second-order valence-electron chi connectivity index (χ2n) is 2.74. The molecule has 0 aliphatic heterocycles. The molecule has 0 heterocycles. The van der Waals surface area contributed by atoms with Crippen LogP contribution in [0.2, 0.25) is 0 Å². The van der Waals surface area contributed by atoms with Crippen molar-refractivity contribution in [2.24, 2.45) is 5.92 Å². The van der Waals surface area contributed by atoms with E-state index in [0.717, 1.165) is 6.08 Å². The fourth-order valence-corrected chi connectivity index (χ4v) is 1.14. The Labute approximate surface area is 79.0 Å². The Morgan fingerprint density at radius 2 is 2.43 bits per heavy atom. The van der Waals surface area contributed by atoms with Crippen molar-refractivity contribution in [3.8, 4) is 0 Å². The third-order valence-corrected chi connectivity index (χ3v) is 1.86. The summed E-state index contributed by atoms with van der Waals surface area (Å²) in [5.41, 5.74) is -0.592. The molecule has 1 unspecified atom stereocenters. The Morgan fingerprint density at radius 3 is 2.86 bits per heavy atom. The SMILES string of the molecule is COC(=O)C1C=CC([N+](=O)[O-])=C(F)C1. The summed E-state index contributed by atoms with van der Waals surface area (Å²) in [6, 6.07) is 0. The largest absolute Gasteiger partial charge is 0.469 e. The molecule has 0 saturated carbocycles. The van der Waals surface area contributed by atoms with Crippen LogP contribution in [0.25, 0.3) is 0 Å². The highest BCUT2D eigenvalue weighted by molar-refractivity contribution is 5.75. The molecule has 0 amide bonds. The monoisotopic (exact) mass is 201 g/mol. The van der Waals surface area contributed by atoms with E-state index in [1.54, 1.807) is 0 Å². The van der Waals surface area contributed by atoms with Gasteiger partial charge in [-0.15, -0.1) is 0 Å². The van der Waals surface area contributed by atoms with Gasteiger partial charge in [0, 0.05) is 12.5 Å². The van der Waals surface area contributed by atoms with Gasteiger partial charge in [-0.3, -0.25) is 14.9 Å². The third kappa shape index (κ3) is 1.95. The molecule has 0 bridgehead atoms. The van der Waals surface area contributed by atoms with Crippen LogP contribution >= 0.6 is 0 Å². The van der Waals surface area contributed by atoms with Crippen molar-refractivity contribution in [1.82, 2.24) is 0 Å². The Kier molecular flexibility index (Phi) is 2.95. The van der Waals surface area contributed by atoms with E-state index in [2.05, 4.69) is 4.74 Å². The zero-order valence-electron chi connectivity index (χ0n) is 7.40. The summed E-state index contributed by atoms with van der Waals surface area (Å²) in [4.78, 5) is 20.4. The van der Waals surface area contributed by atoms with E-state index in [4.69, 9.17) is 0 Å². The zero-order chi connectivity index (χ0) is 10.7. The van der Waals surface area contributed by atoms with Gasteiger partial charge in [-0.25, -0.2) is 4.39 Å². The van der Waals surface area contributed by atoms with Crippen molar-refractivity contribution < 1.29 is 18.8 Å². The van der Waals surface area contributed by atoms with Gasteiger partial charge in [0.1, 0.15) is 0 Å². The molecular weight excluding hydrogens is 193 g/mol. The average molecular weight is 201 g/mol. The Bertz CT molecular complexity index is 334. The molecule has 0 aromatic heterocycles. The first-order chi connectivity index (χ1) is 6.56. The number of methoxy groups -OCH3 is 1. The molecule has 14 heavy (non-hydrogen) atoms. The zero-order valence-corrected chi connectivity index (χ0v) is 7.40. The minimum absolute atomic E-state index is 0.306. The number of hydrogen-bond donors (Lipinski definition) is 0. The molecule has 5 nitrogen and oxygen atoms in total. The number of ether oxygens (including phenoxy) is 1. The molecule has 1 aliphatic carbocycles. The van der Waals surface area contributed by atoms with E-state index in [-0.39, 0.29) is 6.42 Å². The highest BCUT2D eigenvalue weighted by Crippen LogP contribution is 2.25. The van der Waals surface area contributed by atoms with Gasteiger partial charge < -0.3 is 4.74 Å². The van der Waals surface area contributed by atoms with Gasteiger partial charge in [0.15, 0.2) is 5.83 Å². The maximum Gasteiger partial charge on any atom is 0.312 e. The summed E-state index contributed by atoms with van der Waals surface area (Å²) in [6.45, 7) is 0. The number of hydrogen-bond acceptors (Lipinski definition) is 4. The lowest BCUT2D eigenvalue weighted by atomic mass is 9.99. The van der Waals surface area contributed by atoms with E-state index < -0.39 is 28.3 Å². The van der Waals surface area contributed by atoms with Gasteiger partial charge in [0.25, 0.3) is 5.70 Å². The lowest BCUT2D eigenvalue weighted by Crippen LogP contribution is -2.18. The van der Waals surface area contributed by atoms with E-state index in [1.165, 1.54) is 13.2 Å². The fourth-order valence-electron chi connectivity index (χ4n) is 1.14. The molecule has 0 N–H and O–H groups in total. The van der Waals surface area contributed by atoms with Crippen LogP contribution in [0, 0.1) is 16.0 Å². The Morgan fingerprint density at radius 1 is 1.79 bits per heavy atom. The van der Waals surface area contributed by atoms with Crippen LogP contribution in [0.4, 0.5) is 4.39 Å². The molecular formula is C8H8FNO4. The molecule has 6 heteroatoms. The van der Waals surface area contributed by atoms with Crippen LogP contribution in [-0.4, -0.2) is 18.0 Å². The fraction of sp³-hybridized carbons (Fsp3) is 0.375. The summed E-state index contributed by atoms with van der Waals surface area (Å²) in [7, 11) is 1.18. The number of halogens is 1. The highest BCUT2D eigenvalue weighted by atomic mass is 19.1. The predicted molar refractivity (Wildman–Crippen MR) is 44.4 cm³/mol. The number of carbonyl (C=O) groups excluding carboxylic acids is 1. The predicted octanol–water partition coefficient (Wildman–Crippen LogP) is 1.19. The van der Waals surface area contributed by atoms with Crippen LogP contribution < -0.4 is 0 Å². The molecule has 1 aliphatic rings. The number of nitro groups is 1. The molecule has 1 atom stereocenters. The number of carbonyl (C=O) groups is 1. The standard InChI is InChI=1S/C8H8FNO4/c1-14-8(11)5-2-3-7(10(12)13)6(9)4-5/h2-3,5H,4H2,1H3. The topological polar surface area (TPSA) is 69.4 Å². The van der Waals surface area contributed by atoms with Crippen molar-refractivity contribution in [2.45, 2.75) is 6.42 Å². The Hall–Kier alpha value is -1.72.